The molecule has 3 aromatic rings. The highest BCUT2D eigenvalue weighted by molar-refractivity contribution is 5.95. The Hall–Kier alpha value is -4.54. The van der Waals surface area contributed by atoms with Gasteiger partial charge in [0.25, 0.3) is 5.91 Å². The van der Waals surface area contributed by atoms with E-state index >= 15 is 0 Å². The first-order valence-electron chi connectivity index (χ1n) is 23.0. The van der Waals surface area contributed by atoms with E-state index in [4.69, 9.17) is 14.5 Å². The van der Waals surface area contributed by atoms with Crippen molar-refractivity contribution in [3.8, 4) is 11.3 Å². The highest BCUT2D eigenvalue weighted by Crippen LogP contribution is 2.43. The molecule has 2 amide bonds. The van der Waals surface area contributed by atoms with Crippen molar-refractivity contribution in [1.29, 1.82) is 0 Å². The SMILES string of the molecule is CCn1c(-c2cc(N3CCN(C4CC4)CC3)cnc2C(C)OC)c(CC(C)(C)CO)c2cc(C3=CCCN(CC(NC(=O)OC(C)(C)C)C(=O)N4CCC[C@@H](C(=O)O)N4)C3)ccc21. The van der Waals surface area contributed by atoms with Crippen LogP contribution < -0.4 is 15.6 Å². The van der Waals surface area contributed by atoms with Crippen LogP contribution in [0.25, 0.3) is 27.7 Å². The zero-order valence-corrected chi connectivity index (χ0v) is 38.7. The molecule has 2 unspecified atom stereocenters. The van der Waals surface area contributed by atoms with E-state index in [-0.39, 0.29) is 19.3 Å². The fourth-order valence-electron chi connectivity index (χ4n) is 9.40. The number of benzene rings is 1. The highest BCUT2D eigenvalue weighted by Gasteiger charge is 2.36. The molecule has 63 heavy (non-hydrogen) atoms. The number of nitrogens with one attached hydrogen (secondary N) is 2. The van der Waals surface area contributed by atoms with Crippen molar-refractivity contribution in [1.82, 2.24) is 35.1 Å². The van der Waals surface area contributed by atoms with Gasteiger partial charge in [-0.25, -0.2) is 10.2 Å². The van der Waals surface area contributed by atoms with Gasteiger partial charge in [-0.2, -0.15) is 0 Å². The number of aliphatic hydroxyl groups is 1. The van der Waals surface area contributed by atoms with Crippen LogP contribution in [-0.2, 0) is 32.0 Å². The lowest BCUT2D eigenvalue weighted by atomic mass is 9.84. The van der Waals surface area contributed by atoms with Gasteiger partial charge in [-0.3, -0.25) is 29.4 Å². The second kappa shape index (κ2) is 19.3. The van der Waals surface area contributed by atoms with Crippen LogP contribution in [0.15, 0.2) is 36.5 Å². The van der Waals surface area contributed by atoms with Crippen molar-refractivity contribution in [2.45, 2.75) is 123 Å². The summed E-state index contributed by atoms with van der Waals surface area (Å²) >= 11 is 0. The van der Waals surface area contributed by atoms with Gasteiger partial charge in [0.15, 0.2) is 0 Å². The summed E-state index contributed by atoms with van der Waals surface area (Å²) in [5.41, 5.74) is 10.2. The minimum absolute atomic E-state index is 0.0249. The largest absolute Gasteiger partial charge is 0.480 e. The summed E-state index contributed by atoms with van der Waals surface area (Å²) in [4.78, 5) is 51.4. The molecule has 0 radical (unpaired) electrons. The van der Waals surface area contributed by atoms with E-state index in [2.05, 4.69) is 81.1 Å². The van der Waals surface area contributed by atoms with Gasteiger partial charge >= 0.3 is 12.1 Å². The fraction of sp³-hybridized carbons (Fsp3) is 0.625. The second-order valence-electron chi connectivity index (χ2n) is 19.7. The number of pyridine rings is 1. The molecule has 5 heterocycles. The molecule has 3 fully saturated rings. The van der Waals surface area contributed by atoms with Crippen molar-refractivity contribution >= 4 is 40.1 Å². The molecule has 3 aliphatic heterocycles. The number of carbonyl (C=O) groups excluding carboxylic acids is 2. The van der Waals surface area contributed by atoms with Crippen LogP contribution in [0.5, 0.6) is 0 Å². The van der Waals surface area contributed by atoms with Gasteiger partial charge in [-0.05, 0) is 113 Å². The maximum Gasteiger partial charge on any atom is 0.408 e. The van der Waals surface area contributed by atoms with E-state index < -0.39 is 41.1 Å². The van der Waals surface area contributed by atoms with Crippen molar-refractivity contribution in [3.05, 3.63) is 53.4 Å². The van der Waals surface area contributed by atoms with E-state index in [0.717, 1.165) is 95.4 Å². The van der Waals surface area contributed by atoms with E-state index in [1.807, 2.05) is 13.1 Å². The third-order valence-electron chi connectivity index (χ3n) is 13.0. The average Bonchev–Trinajstić information content (AvgIpc) is 4.08. The number of amides is 2. The standard InChI is InChI=1S/C48H70N8O7/c1-9-55-41-17-14-32(33-12-10-18-52(28-33)29-40(50-46(61)63-47(3,4)5)44(58)56-19-11-13-39(51-56)45(59)60)24-36(41)38(26-48(6,7)30-57)43(55)37-25-35(27-49-42(37)31(2)62-8)54-22-20-53(21-23-54)34-15-16-34/h12,14,17,24-25,27,31,34,39-40,51,57H,9-11,13,15-16,18-23,26,28-30H2,1-8H3,(H,50,61)(H,59,60)/t31?,39-,40?/m0/s1. The Morgan fingerprint density at radius 1 is 1.02 bits per heavy atom. The molecular formula is C48H70N8O7. The van der Waals surface area contributed by atoms with Gasteiger partial charge in [0.2, 0.25) is 0 Å². The van der Waals surface area contributed by atoms with Crippen LogP contribution in [0.1, 0.15) is 103 Å². The summed E-state index contributed by atoms with van der Waals surface area (Å²) in [6.07, 6.45) is 8.23. The van der Waals surface area contributed by atoms with Crippen LogP contribution in [0.3, 0.4) is 0 Å². The molecule has 2 aromatic heterocycles. The topological polar surface area (TPSA) is 165 Å². The van der Waals surface area contributed by atoms with Crippen LogP contribution >= 0.6 is 0 Å². The molecule has 0 bridgehead atoms. The predicted octanol–water partition coefficient (Wildman–Crippen LogP) is 5.84. The summed E-state index contributed by atoms with van der Waals surface area (Å²) in [5, 5.41) is 25.6. The number of rotatable bonds is 15. The number of aromatic nitrogens is 2. The van der Waals surface area contributed by atoms with Crippen molar-refractivity contribution in [2.24, 2.45) is 5.41 Å². The van der Waals surface area contributed by atoms with E-state index in [1.54, 1.807) is 27.9 Å². The first-order valence-corrected chi connectivity index (χ1v) is 23.0. The van der Waals surface area contributed by atoms with Crippen LogP contribution in [0.2, 0.25) is 0 Å². The van der Waals surface area contributed by atoms with E-state index in [0.29, 0.717) is 38.9 Å². The minimum atomic E-state index is -1.02. The number of carbonyl (C=O) groups is 3. The molecule has 1 saturated carbocycles. The minimum Gasteiger partial charge on any atom is -0.480 e. The lowest BCUT2D eigenvalue weighted by Crippen LogP contribution is -2.62. The number of piperazine rings is 1. The highest BCUT2D eigenvalue weighted by atomic mass is 16.6. The fourth-order valence-corrected chi connectivity index (χ4v) is 9.40. The number of hydrogen-bond donors (Lipinski definition) is 4. The van der Waals surface area contributed by atoms with Crippen molar-refractivity contribution in [2.75, 3.05) is 71.0 Å². The average molecular weight is 871 g/mol. The maximum absolute atomic E-state index is 14.1. The Morgan fingerprint density at radius 3 is 2.41 bits per heavy atom. The Labute approximate surface area is 372 Å². The molecule has 15 nitrogen and oxygen atoms in total. The van der Waals surface area contributed by atoms with Gasteiger partial charge < -0.3 is 34.5 Å². The second-order valence-corrected chi connectivity index (χ2v) is 19.7. The van der Waals surface area contributed by atoms with Gasteiger partial charge in [-0.15, -0.1) is 0 Å². The third-order valence-corrected chi connectivity index (χ3v) is 13.0. The molecule has 1 aliphatic carbocycles. The summed E-state index contributed by atoms with van der Waals surface area (Å²) in [6.45, 7) is 20.3. The van der Waals surface area contributed by atoms with Gasteiger partial charge in [-0.1, -0.05) is 26.0 Å². The summed E-state index contributed by atoms with van der Waals surface area (Å²) in [7, 11) is 1.73. The molecule has 2 saturated heterocycles. The zero-order valence-electron chi connectivity index (χ0n) is 38.7. The number of alkyl carbamates (subject to hydrolysis) is 1. The number of ether oxygens (including phenoxy) is 2. The smallest absolute Gasteiger partial charge is 0.408 e. The Kier molecular flexibility index (Phi) is 14.2. The number of carboxylic acids is 1. The summed E-state index contributed by atoms with van der Waals surface area (Å²) < 4.78 is 13.9. The van der Waals surface area contributed by atoms with Gasteiger partial charge in [0.05, 0.1) is 29.4 Å². The van der Waals surface area contributed by atoms with Crippen LogP contribution in [-0.4, -0.2) is 142 Å². The molecule has 344 valence electrons. The monoisotopic (exact) mass is 871 g/mol. The number of carboxylic acid groups (broad SMARTS) is 1. The van der Waals surface area contributed by atoms with Gasteiger partial charge in [0.1, 0.15) is 17.7 Å². The zero-order chi connectivity index (χ0) is 45.2. The number of aryl methyl sites for hydroxylation is 1. The molecule has 4 N–H and O–H groups in total. The number of anilines is 1. The Bertz CT molecular complexity index is 2170. The summed E-state index contributed by atoms with van der Waals surface area (Å²) in [5.74, 6) is -1.43. The molecule has 1 aromatic carbocycles. The molecule has 7 rings (SSSR count). The molecule has 4 aliphatic rings. The quantitative estimate of drug-likeness (QED) is 0.145. The Morgan fingerprint density at radius 2 is 1.76 bits per heavy atom. The molecule has 15 heteroatoms. The number of aliphatic hydroxyl groups excluding tert-OH is 1. The van der Waals surface area contributed by atoms with Crippen molar-refractivity contribution in [3.63, 3.8) is 0 Å². The Balaban J connectivity index is 1.22. The molecular weight excluding hydrogens is 801 g/mol. The number of aliphatic carboxylic acids is 1. The van der Waals surface area contributed by atoms with Crippen LogP contribution in [0.4, 0.5) is 10.5 Å². The number of methoxy groups -OCH3 is 1. The van der Waals surface area contributed by atoms with E-state index in [1.165, 1.54) is 17.9 Å². The van der Waals surface area contributed by atoms with Crippen LogP contribution in [0, 0.1) is 5.41 Å². The van der Waals surface area contributed by atoms with Crippen molar-refractivity contribution < 1.29 is 34.1 Å². The first-order chi connectivity index (χ1) is 30.0. The predicted molar refractivity (Wildman–Crippen MR) is 245 cm³/mol. The third kappa shape index (κ3) is 10.9. The normalized spacial score (nSPS) is 20.4. The number of fused-ring (bicyclic) bond motifs is 1. The molecule has 0 spiro atoms. The molecule has 3 atom stereocenters. The number of hydrogen-bond acceptors (Lipinski definition) is 11. The maximum atomic E-state index is 14.1. The lowest BCUT2D eigenvalue weighted by molar-refractivity contribution is -0.148. The number of hydrazine groups is 1. The number of nitrogens with zero attached hydrogens (tertiary/aromatic N) is 6. The first kappa shape index (κ1) is 46.5. The van der Waals surface area contributed by atoms with E-state index in [9.17, 15) is 24.6 Å². The lowest BCUT2D eigenvalue weighted by Gasteiger charge is -2.36. The summed E-state index contributed by atoms with van der Waals surface area (Å²) in [6, 6.07) is 7.86. The van der Waals surface area contributed by atoms with Gasteiger partial charge in [0, 0.05) is 95.1 Å².